The first-order chi connectivity index (χ1) is 13.3. The summed E-state index contributed by atoms with van der Waals surface area (Å²) in [7, 11) is -3.95. The molecule has 0 aliphatic carbocycles. The number of piperazine rings is 1. The van der Waals surface area contributed by atoms with E-state index in [-0.39, 0.29) is 37.0 Å². The maximum Gasteiger partial charge on any atom is 0.323 e. The molecule has 1 unspecified atom stereocenters. The van der Waals surface area contributed by atoms with Gasteiger partial charge in [-0.1, -0.05) is 6.42 Å². The maximum atomic E-state index is 13.0. The highest BCUT2D eigenvalue weighted by Gasteiger charge is 2.41. The van der Waals surface area contributed by atoms with Crippen LogP contribution in [0.2, 0.25) is 0 Å². The molecule has 10 heteroatoms. The van der Waals surface area contributed by atoms with Crippen LogP contribution < -0.4 is 0 Å². The smallest absolute Gasteiger partial charge is 0.323 e. The van der Waals surface area contributed by atoms with Gasteiger partial charge in [0.2, 0.25) is 15.9 Å². The van der Waals surface area contributed by atoms with E-state index in [1.807, 2.05) is 0 Å². The van der Waals surface area contributed by atoms with Crippen molar-refractivity contribution in [1.82, 2.24) is 14.1 Å². The Labute approximate surface area is 178 Å². The molecule has 0 radical (unpaired) electrons. The molecule has 1 atom stereocenters. The molecule has 2 saturated heterocycles. The fourth-order valence-electron chi connectivity index (χ4n) is 3.63. The molecule has 0 bridgehead atoms. The molecule has 1 N–H and O–H groups in total. The SMILES string of the molecule is O=C(O)C1CN(C(=O)CN2CCCCC2)CCN1S(=O)(=O)c1ccc(I)cc1. The van der Waals surface area contributed by atoms with Gasteiger partial charge in [-0.15, -0.1) is 0 Å². The molecule has 1 aromatic rings. The van der Waals surface area contributed by atoms with Crippen molar-refractivity contribution in [2.45, 2.75) is 30.2 Å². The number of halogens is 1. The Morgan fingerprint density at radius 3 is 2.29 bits per heavy atom. The first-order valence-corrected chi connectivity index (χ1v) is 11.8. The van der Waals surface area contributed by atoms with Crippen LogP contribution in [0.15, 0.2) is 29.2 Å². The number of hydrogen-bond acceptors (Lipinski definition) is 5. The van der Waals surface area contributed by atoms with E-state index in [1.54, 1.807) is 12.1 Å². The minimum Gasteiger partial charge on any atom is -0.480 e. The standard InChI is InChI=1S/C18H24IN3O5S/c19-14-4-6-15(7-5-14)28(26,27)22-11-10-21(12-16(22)18(24)25)17(23)13-20-8-2-1-3-9-20/h4-7,16H,1-3,8-13H2,(H,24,25). The second kappa shape index (κ2) is 9.06. The van der Waals surface area contributed by atoms with Crippen LogP contribution in [0.4, 0.5) is 0 Å². The Kier molecular flexibility index (Phi) is 6.94. The van der Waals surface area contributed by atoms with Gasteiger partial charge in [0.05, 0.1) is 11.4 Å². The summed E-state index contributed by atoms with van der Waals surface area (Å²) in [6, 6.07) is 5.00. The van der Waals surface area contributed by atoms with Gasteiger partial charge in [-0.25, -0.2) is 8.42 Å². The lowest BCUT2D eigenvalue weighted by Crippen LogP contribution is -2.60. The number of likely N-dealkylation sites (tertiary alicyclic amines) is 1. The molecule has 2 fully saturated rings. The van der Waals surface area contributed by atoms with Gasteiger partial charge in [-0.3, -0.25) is 14.5 Å². The summed E-state index contributed by atoms with van der Waals surface area (Å²) >= 11 is 2.08. The molecular weight excluding hydrogens is 497 g/mol. The number of aliphatic carboxylic acids is 1. The number of carboxylic acids is 1. The van der Waals surface area contributed by atoms with E-state index in [2.05, 4.69) is 27.5 Å². The van der Waals surface area contributed by atoms with Crippen LogP contribution in [0.25, 0.3) is 0 Å². The lowest BCUT2D eigenvalue weighted by Gasteiger charge is -2.39. The summed E-state index contributed by atoms with van der Waals surface area (Å²) in [6.45, 7) is 2.03. The number of benzene rings is 1. The zero-order valence-corrected chi connectivity index (χ0v) is 18.4. The predicted octanol–water partition coefficient (Wildman–Crippen LogP) is 1.06. The molecular formula is C18H24IN3O5S. The number of sulfonamides is 1. The lowest BCUT2D eigenvalue weighted by molar-refractivity contribution is -0.146. The van der Waals surface area contributed by atoms with Crippen LogP contribution in [0, 0.1) is 3.57 Å². The summed E-state index contributed by atoms with van der Waals surface area (Å²) in [6.07, 6.45) is 3.29. The number of amides is 1. The fraction of sp³-hybridized carbons (Fsp3) is 0.556. The Balaban J connectivity index is 1.72. The summed E-state index contributed by atoms with van der Waals surface area (Å²) in [5.41, 5.74) is 0. The van der Waals surface area contributed by atoms with Gasteiger partial charge in [0, 0.05) is 23.2 Å². The summed E-state index contributed by atoms with van der Waals surface area (Å²) in [5.74, 6) is -1.39. The van der Waals surface area contributed by atoms with Crippen LogP contribution in [0.3, 0.4) is 0 Å². The first-order valence-electron chi connectivity index (χ1n) is 9.29. The van der Waals surface area contributed by atoms with Crippen LogP contribution >= 0.6 is 22.6 Å². The summed E-state index contributed by atoms with van der Waals surface area (Å²) < 4.78 is 27.8. The largest absolute Gasteiger partial charge is 0.480 e. The number of carbonyl (C=O) groups excluding carboxylic acids is 1. The van der Waals surface area contributed by atoms with Crippen LogP contribution in [-0.2, 0) is 19.6 Å². The van der Waals surface area contributed by atoms with Gasteiger partial charge in [0.1, 0.15) is 6.04 Å². The van der Waals surface area contributed by atoms with E-state index in [9.17, 15) is 23.1 Å². The number of rotatable bonds is 5. The quantitative estimate of drug-likeness (QED) is 0.583. The van der Waals surface area contributed by atoms with Crippen molar-refractivity contribution in [3.05, 3.63) is 27.8 Å². The number of hydrogen-bond donors (Lipinski definition) is 1. The molecule has 0 spiro atoms. The van der Waals surface area contributed by atoms with Crippen molar-refractivity contribution in [3.63, 3.8) is 0 Å². The van der Waals surface area contributed by atoms with E-state index in [0.717, 1.165) is 33.8 Å². The summed E-state index contributed by atoms with van der Waals surface area (Å²) in [5, 5.41) is 9.63. The molecule has 3 rings (SSSR count). The van der Waals surface area contributed by atoms with Crippen molar-refractivity contribution in [1.29, 1.82) is 0 Å². The molecule has 2 aliphatic rings. The van der Waals surface area contributed by atoms with Crippen molar-refractivity contribution in [2.75, 3.05) is 39.3 Å². The van der Waals surface area contributed by atoms with E-state index in [4.69, 9.17) is 0 Å². The highest BCUT2D eigenvalue weighted by atomic mass is 127. The number of carboxylic acid groups (broad SMARTS) is 1. The van der Waals surface area contributed by atoms with Gasteiger partial charge in [-0.05, 0) is 72.8 Å². The highest BCUT2D eigenvalue weighted by Crippen LogP contribution is 2.23. The van der Waals surface area contributed by atoms with Crippen molar-refractivity contribution in [3.8, 4) is 0 Å². The molecule has 8 nitrogen and oxygen atoms in total. The van der Waals surface area contributed by atoms with Gasteiger partial charge in [-0.2, -0.15) is 4.31 Å². The number of piperidine rings is 1. The Morgan fingerprint density at radius 1 is 1.04 bits per heavy atom. The normalized spacial score (nSPS) is 22.2. The third-order valence-corrected chi connectivity index (χ3v) is 7.84. The van der Waals surface area contributed by atoms with Crippen LogP contribution in [-0.4, -0.2) is 84.8 Å². The molecule has 2 aliphatic heterocycles. The maximum absolute atomic E-state index is 13.0. The minimum atomic E-state index is -3.95. The highest BCUT2D eigenvalue weighted by molar-refractivity contribution is 14.1. The third kappa shape index (κ3) is 4.84. The Hall–Kier alpha value is -1.24. The van der Waals surface area contributed by atoms with Crippen LogP contribution in [0.1, 0.15) is 19.3 Å². The second-order valence-electron chi connectivity index (χ2n) is 7.10. The number of nitrogens with zero attached hydrogens (tertiary/aromatic N) is 3. The van der Waals surface area contributed by atoms with E-state index in [1.165, 1.54) is 23.5 Å². The number of carbonyl (C=O) groups is 2. The van der Waals surface area contributed by atoms with E-state index >= 15 is 0 Å². The first kappa shape index (κ1) is 21.5. The average molecular weight is 521 g/mol. The Morgan fingerprint density at radius 2 is 1.68 bits per heavy atom. The van der Waals surface area contributed by atoms with Gasteiger partial charge < -0.3 is 10.0 Å². The van der Waals surface area contributed by atoms with E-state index in [0.29, 0.717) is 0 Å². The zero-order valence-electron chi connectivity index (χ0n) is 15.5. The second-order valence-corrected chi connectivity index (χ2v) is 10.2. The topological polar surface area (TPSA) is 98.2 Å². The van der Waals surface area contributed by atoms with Crippen molar-refractivity contribution < 1.29 is 23.1 Å². The lowest BCUT2D eigenvalue weighted by atomic mass is 10.1. The Bertz CT molecular complexity index is 824. The van der Waals surface area contributed by atoms with Gasteiger partial charge in [0.15, 0.2) is 0 Å². The molecule has 0 saturated carbocycles. The van der Waals surface area contributed by atoms with E-state index < -0.39 is 22.0 Å². The third-order valence-electron chi connectivity index (χ3n) is 5.20. The zero-order chi connectivity index (χ0) is 20.3. The molecule has 1 amide bonds. The molecule has 0 aromatic heterocycles. The monoisotopic (exact) mass is 521 g/mol. The average Bonchev–Trinajstić information content (AvgIpc) is 2.68. The van der Waals surface area contributed by atoms with Crippen molar-refractivity contribution >= 4 is 44.5 Å². The van der Waals surface area contributed by atoms with Gasteiger partial charge in [0.25, 0.3) is 0 Å². The predicted molar refractivity (Wildman–Crippen MR) is 111 cm³/mol. The van der Waals surface area contributed by atoms with Crippen LogP contribution in [0.5, 0.6) is 0 Å². The minimum absolute atomic E-state index is 0.0307. The molecule has 1 aromatic carbocycles. The van der Waals surface area contributed by atoms with Gasteiger partial charge >= 0.3 is 5.97 Å². The fourth-order valence-corrected chi connectivity index (χ4v) is 5.56. The molecule has 28 heavy (non-hydrogen) atoms. The molecule has 154 valence electrons. The van der Waals surface area contributed by atoms with Crippen molar-refractivity contribution in [2.24, 2.45) is 0 Å². The molecule has 2 heterocycles. The summed E-state index contributed by atoms with van der Waals surface area (Å²) in [4.78, 5) is 28.0.